The van der Waals surface area contributed by atoms with Gasteiger partial charge in [0.05, 0.1) is 14.2 Å². The first kappa shape index (κ1) is 19.5. The molecule has 1 unspecified atom stereocenters. The Bertz CT molecular complexity index is 719. The van der Waals surface area contributed by atoms with Gasteiger partial charge in [-0.15, -0.1) is 10.2 Å². The Hall–Kier alpha value is -2.83. The molecular formula is C19H26N4O3. The van der Waals surface area contributed by atoms with Crippen LogP contribution in [0.3, 0.4) is 0 Å². The van der Waals surface area contributed by atoms with Gasteiger partial charge in [0.25, 0.3) is 5.91 Å². The van der Waals surface area contributed by atoms with E-state index in [0.717, 1.165) is 12.0 Å². The largest absolute Gasteiger partial charge is 0.493 e. The number of nitrogens with zero attached hydrogens (tertiary/aromatic N) is 2. The molecule has 7 heteroatoms. The first-order valence-corrected chi connectivity index (χ1v) is 8.66. The summed E-state index contributed by atoms with van der Waals surface area (Å²) >= 11 is 0. The molecule has 0 aliphatic carbocycles. The van der Waals surface area contributed by atoms with Gasteiger partial charge in [0, 0.05) is 12.6 Å². The molecule has 26 heavy (non-hydrogen) atoms. The second kappa shape index (κ2) is 9.60. The predicted octanol–water partition coefficient (Wildman–Crippen LogP) is 2.68. The van der Waals surface area contributed by atoms with Crippen LogP contribution in [-0.4, -0.2) is 42.9 Å². The van der Waals surface area contributed by atoms with Crippen molar-refractivity contribution in [2.45, 2.75) is 32.7 Å². The summed E-state index contributed by atoms with van der Waals surface area (Å²) in [5.74, 6) is 1.78. The maximum Gasteiger partial charge on any atom is 0.271 e. The number of aromatic nitrogens is 2. The van der Waals surface area contributed by atoms with Gasteiger partial charge in [0.15, 0.2) is 17.2 Å². The van der Waals surface area contributed by atoms with Gasteiger partial charge >= 0.3 is 0 Å². The summed E-state index contributed by atoms with van der Waals surface area (Å²) in [4.78, 5) is 12.2. The van der Waals surface area contributed by atoms with Crippen molar-refractivity contribution in [3.63, 3.8) is 0 Å². The van der Waals surface area contributed by atoms with Gasteiger partial charge in [-0.05, 0) is 49.6 Å². The fourth-order valence-electron chi connectivity index (χ4n) is 2.33. The molecule has 0 radical (unpaired) electrons. The lowest BCUT2D eigenvalue weighted by Crippen LogP contribution is -2.27. The van der Waals surface area contributed by atoms with Gasteiger partial charge < -0.3 is 20.1 Å². The summed E-state index contributed by atoms with van der Waals surface area (Å²) in [7, 11) is 3.20. The number of amides is 1. The third-order valence-corrected chi connectivity index (χ3v) is 4.05. The van der Waals surface area contributed by atoms with Crippen LogP contribution >= 0.6 is 0 Å². The highest BCUT2D eigenvalue weighted by molar-refractivity contribution is 5.92. The van der Waals surface area contributed by atoms with E-state index in [2.05, 4.69) is 34.7 Å². The van der Waals surface area contributed by atoms with Gasteiger partial charge in [-0.2, -0.15) is 0 Å². The first-order valence-electron chi connectivity index (χ1n) is 8.66. The van der Waals surface area contributed by atoms with Crippen molar-refractivity contribution in [2.24, 2.45) is 0 Å². The molecule has 1 amide bonds. The summed E-state index contributed by atoms with van der Waals surface area (Å²) in [5.41, 5.74) is 1.34. The number of nitrogens with one attached hydrogen (secondary N) is 2. The molecule has 0 bridgehead atoms. The molecule has 0 aliphatic rings. The van der Waals surface area contributed by atoms with Gasteiger partial charge in [0.2, 0.25) is 0 Å². The molecule has 2 rings (SSSR count). The van der Waals surface area contributed by atoms with Crippen molar-refractivity contribution in [1.29, 1.82) is 0 Å². The number of ether oxygens (including phenoxy) is 2. The van der Waals surface area contributed by atoms with E-state index in [4.69, 9.17) is 9.47 Å². The Morgan fingerprint density at radius 1 is 1.12 bits per heavy atom. The number of anilines is 1. The minimum absolute atomic E-state index is 0.243. The molecule has 140 valence electrons. The molecule has 0 aliphatic heterocycles. The average Bonchev–Trinajstić information content (AvgIpc) is 2.68. The van der Waals surface area contributed by atoms with E-state index in [1.54, 1.807) is 26.4 Å². The second-order valence-electron chi connectivity index (χ2n) is 5.95. The lowest BCUT2D eigenvalue weighted by Gasteiger charge is -2.11. The van der Waals surface area contributed by atoms with Crippen LogP contribution in [0, 0.1) is 0 Å². The van der Waals surface area contributed by atoms with Crippen LogP contribution in [0.2, 0.25) is 0 Å². The van der Waals surface area contributed by atoms with Crippen LogP contribution in [0.15, 0.2) is 30.3 Å². The summed E-state index contributed by atoms with van der Waals surface area (Å²) in [5, 5.41) is 14.1. The van der Waals surface area contributed by atoms with E-state index in [9.17, 15) is 4.79 Å². The number of hydrogen-bond acceptors (Lipinski definition) is 6. The zero-order valence-corrected chi connectivity index (χ0v) is 15.7. The van der Waals surface area contributed by atoms with Crippen LogP contribution in [0.5, 0.6) is 11.5 Å². The van der Waals surface area contributed by atoms with Crippen LogP contribution in [0.1, 0.15) is 36.3 Å². The van der Waals surface area contributed by atoms with Gasteiger partial charge in [0.1, 0.15) is 5.82 Å². The van der Waals surface area contributed by atoms with E-state index in [1.165, 1.54) is 0 Å². The number of carbonyl (C=O) groups is 1. The van der Waals surface area contributed by atoms with Crippen molar-refractivity contribution in [1.82, 2.24) is 15.5 Å². The van der Waals surface area contributed by atoms with E-state index in [1.807, 2.05) is 18.2 Å². The van der Waals surface area contributed by atoms with Crippen molar-refractivity contribution in [2.75, 3.05) is 26.1 Å². The molecule has 0 fully saturated rings. The third-order valence-electron chi connectivity index (χ3n) is 4.05. The molecule has 1 aromatic carbocycles. The molecule has 1 aromatic heterocycles. The lowest BCUT2D eigenvalue weighted by molar-refractivity contribution is 0.0948. The Labute approximate surface area is 154 Å². The summed E-state index contributed by atoms with van der Waals surface area (Å²) in [6, 6.07) is 9.45. The topological polar surface area (TPSA) is 85.4 Å². The highest BCUT2D eigenvalue weighted by atomic mass is 16.5. The third kappa shape index (κ3) is 5.34. The predicted molar refractivity (Wildman–Crippen MR) is 101 cm³/mol. The highest BCUT2D eigenvalue weighted by Crippen LogP contribution is 2.27. The van der Waals surface area contributed by atoms with E-state index >= 15 is 0 Å². The summed E-state index contributed by atoms with van der Waals surface area (Å²) < 4.78 is 10.5. The molecule has 0 saturated carbocycles. The zero-order chi connectivity index (χ0) is 18.9. The van der Waals surface area contributed by atoms with Crippen molar-refractivity contribution < 1.29 is 14.3 Å². The smallest absolute Gasteiger partial charge is 0.271 e. The fraction of sp³-hybridized carbons (Fsp3) is 0.421. The number of carbonyl (C=O) groups excluding carboxylic acids is 1. The number of rotatable bonds is 9. The second-order valence-corrected chi connectivity index (χ2v) is 5.95. The SMILES string of the molecule is CCC(C)Nc1ccc(C(=O)NCCc2ccc(OC)c(OC)c2)nn1. The first-order chi connectivity index (χ1) is 12.6. The monoisotopic (exact) mass is 358 g/mol. The molecular weight excluding hydrogens is 332 g/mol. The Morgan fingerprint density at radius 3 is 2.50 bits per heavy atom. The number of methoxy groups -OCH3 is 2. The molecule has 1 atom stereocenters. The molecule has 0 saturated heterocycles. The molecule has 7 nitrogen and oxygen atoms in total. The van der Waals surface area contributed by atoms with Gasteiger partial charge in [-0.1, -0.05) is 13.0 Å². The van der Waals surface area contributed by atoms with Crippen LogP contribution in [0.25, 0.3) is 0 Å². The van der Waals surface area contributed by atoms with Crippen molar-refractivity contribution in [3.8, 4) is 11.5 Å². The Morgan fingerprint density at radius 2 is 1.88 bits per heavy atom. The fourth-order valence-corrected chi connectivity index (χ4v) is 2.33. The van der Waals surface area contributed by atoms with Gasteiger partial charge in [-0.25, -0.2) is 0 Å². The molecule has 2 N–H and O–H groups in total. The normalized spacial score (nSPS) is 11.5. The van der Waals surface area contributed by atoms with Crippen molar-refractivity contribution in [3.05, 3.63) is 41.6 Å². The maximum atomic E-state index is 12.2. The quantitative estimate of drug-likeness (QED) is 0.717. The molecule has 0 spiro atoms. The van der Waals surface area contributed by atoms with Crippen LogP contribution in [0.4, 0.5) is 5.82 Å². The minimum Gasteiger partial charge on any atom is -0.493 e. The number of hydrogen-bond donors (Lipinski definition) is 2. The average molecular weight is 358 g/mol. The zero-order valence-electron chi connectivity index (χ0n) is 15.7. The highest BCUT2D eigenvalue weighted by Gasteiger charge is 2.09. The summed E-state index contributed by atoms with van der Waals surface area (Å²) in [6.07, 6.45) is 1.66. The van der Waals surface area contributed by atoms with E-state index < -0.39 is 0 Å². The Kier molecular flexibility index (Phi) is 7.20. The van der Waals surface area contributed by atoms with Crippen molar-refractivity contribution >= 4 is 11.7 Å². The lowest BCUT2D eigenvalue weighted by atomic mass is 10.1. The van der Waals surface area contributed by atoms with Crippen LogP contribution < -0.4 is 20.1 Å². The number of benzene rings is 1. The minimum atomic E-state index is -0.243. The van der Waals surface area contributed by atoms with E-state index in [0.29, 0.717) is 42.0 Å². The van der Waals surface area contributed by atoms with Gasteiger partial charge in [-0.3, -0.25) is 4.79 Å². The molecule has 2 aromatic rings. The molecule has 1 heterocycles. The maximum absolute atomic E-state index is 12.2. The van der Waals surface area contributed by atoms with Crippen LogP contribution in [-0.2, 0) is 6.42 Å². The summed E-state index contributed by atoms with van der Waals surface area (Å²) in [6.45, 7) is 4.64. The van der Waals surface area contributed by atoms with E-state index in [-0.39, 0.29) is 5.91 Å². The standard InChI is InChI=1S/C19H26N4O3/c1-5-13(2)21-18-9-7-15(22-23-18)19(24)20-11-10-14-6-8-16(25-3)17(12-14)26-4/h6-9,12-13H,5,10-11H2,1-4H3,(H,20,24)(H,21,23). The Balaban J connectivity index is 1.87.